The van der Waals surface area contributed by atoms with Gasteiger partial charge in [-0.15, -0.1) is 0 Å². The molecule has 18 heavy (non-hydrogen) atoms. The van der Waals surface area contributed by atoms with Crippen LogP contribution in [0.25, 0.3) is 0 Å². The fourth-order valence-corrected chi connectivity index (χ4v) is 3.41. The molecule has 0 aliphatic rings. The van der Waals surface area contributed by atoms with E-state index in [0.717, 1.165) is 25.8 Å². The fourth-order valence-electron chi connectivity index (χ4n) is 1.67. The Kier molecular flexibility index (Phi) is 4.81. The molecule has 1 aromatic carbocycles. The number of benzene rings is 1. The highest BCUT2D eigenvalue weighted by atomic mass is 79.9. The third-order valence-corrected chi connectivity index (χ3v) is 3.97. The summed E-state index contributed by atoms with van der Waals surface area (Å²) in [5.41, 5.74) is 1.24. The number of rotatable bonds is 3. The molecule has 2 nitrogen and oxygen atoms in total. The summed E-state index contributed by atoms with van der Waals surface area (Å²) < 4.78 is 3.04. The van der Waals surface area contributed by atoms with E-state index in [1.807, 2.05) is 25.2 Å². The van der Waals surface area contributed by atoms with E-state index in [9.17, 15) is 0 Å². The molecule has 0 fully saturated rings. The predicted molar refractivity (Wildman–Crippen MR) is 85.9 cm³/mol. The quantitative estimate of drug-likeness (QED) is 0.675. The Hall–Kier alpha value is -0.390. The van der Waals surface area contributed by atoms with Crippen LogP contribution >= 0.6 is 47.8 Å². The molecular formula is C13H11Br3N2. The molecule has 0 spiro atoms. The summed E-state index contributed by atoms with van der Waals surface area (Å²) in [7, 11) is 2.03. The topological polar surface area (TPSA) is 16.1 Å². The largest absolute Gasteiger partial charge is 0.354 e. The van der Waals surface area contributed by atoms with E-state index in [-0.39, 0.29) is 0 Å². The first kappa shape index (κ1) is 14.0. The SMILES string of the molecule is CN(Cc1cccc(Br)c1)c1ncc(Br)cc1Br. The van der Waals surface area contributed by atoms with Gasteiger partial charge in [0.25, 0.3) is 0 Å². The standard InChI is InChI=1S/C13H11Br3N2/c1-18(8-9-3-2-4-10(14)5-9)13-12(16)6-11(15)7-17-13/h2-7H,8H2,1H3. The summed E-state index contributed by atoms with van der Waals surface area (Å²) in [5.74, 6) is 0.929. The highest BCUT2D eigenvalue weighted by molar-refractivity contribution is 9.11. The van der Waals surface area contributed by atoms with Crippen molar-refractivity contribution in [1.29, 1.82) is 0 Å². The second kappa shape index (κ2) is 6.17. The van der Waals surface area contributed by atoms with Gasteiger partial charge in [-0.1, -0.05) is 28.1 Å². The minimum absolute atomic E-state index is 0.812. The smallest absolute Gasteiger partial charge is 0.142 e. The first-order chi connectivity index (χ1) is 8.56. The Morgan fingerprint density at radius 1 is 1.11 bits per heavy atom. The normalized spacial score (nSPS) is 10.4. The van der Waals surface area contributed by atoms with E-state index in [4.69, 9.17) is 0 Å². The van der Waals surface area contributed by atoms with Crippen molar-refractivity contribution >= 4 is 53.6 Å². The van der Waals surface area contributed by atoms with E-state index in [2.05, 4.69) is 69.8 Å². The van der Waals surface area contributed by atoms with Gasteiger partial charge in [-0.05, 0) is 55.6 Å². The van der Waals surface area contributed by atoms with Crippen molar-refractivity contribution in [3.05, 3.63) is 55.5 Å². The molecule has 1 aromatic heterocycles. The monoisotopic (exact) mass is 432 g/mol. The molecule has 0 saturated heterocycles. The second-order valence-corrected chi connectivity index (χ2v) is 6.63. The van der Waals surface area contributed by atoms with Gasteiger partial charge >= 0.3 is 0 Å². The predicted octanol–water partition coefficient (Wildman–Crippen LogP) is 5.01. The van der Waals surface area contributed by atoms with Crippen molar-refractivity contribution in [2.75, 3.05) is 11.9 Å². The van der Waals surface area contributed by atoms with Gasteiger partial charge in [0.05, 0.1) is 4.47 Å². The van der Waals surface area contributed by atoms with Crippen LogP contribution < -0.4 is 4.90 Å². The van der Waals surface area contributed by atoms with Crippen molar-refractivity contribution in [2.24, 2.45) is 0 Å². The van der Waals surface area contributed by atoms with Crippen LogP contribution in [0.2, 0.25) is 0 Å². The van der Waals surface area contributed by atoms with Crippen molar-refractivity contribution in [1.82, 2.24) is 4.98 Å². The minimum Gasteiger partial charge on any atom is -0.354 e. The molecule has 0 aliphatic heterocycles. The summed E-state index contributed by atoms with van der Waals surface area (Å²) in [6.07, 6.45) is 1.80. The van der Waals surface area contributed by atoms with Crippen LogP contribution in [0.1, 0.15) is 5.56 Å². The summed E-state index contributed by atoms with van der Waals surface area (Å²) in [6.45, 7) is 0.812. The zero-order chi connectivity index (χ0) is 13.1. The Morgan fingerprint density at radius 2 is 1.89 bits per heavy atom. The lowest BCUT2D eigenvalue weighted by Crippen LogP contribution is -2.18. The molecule has 5 heteroatoms. The van der Waals surface area contributed by atoms with E-state index < -0.39 is 0 Å². The summed E-state index contributed by atoms with van der Waals surface area (Å²) in [5, 5.41) is 0. The third-order valence-electron chi connectivity index (χ3n) is 2.46. The number of hydrogen-bond donors (Lipinski definition) is 0. The van der Waals surface area contributed by atoms with Crippen LogP contribution in [0.3, 0.4) is 0 Å². The third kappa shape index (κ3) is 3.56. The van der Waals surface area contributed by atoms with Gasteiger partial charge in [0.15, 0.2) is 0 Å². The van der Waals surface area contributed by atoms with E-state index in [0.29, 0.717) is 0 Å². The van der Waals surface area contributed by atoms with Gasteiger partial charge in [0, 0.05) is 28.7 Å². The Balaban J connectivity index is 2.19. The number of halogens is 3. The van der Waals surface area contributed by atoms with Gasteiger partial charge in [0.1, 0.15) is 5.82 Å². The number of nitrogens with zero attached hydrogens (tertiary/aromatic N) is 2. The van der Waals surface area contributed by atoms with Crippen molar-refractivity contribution < 1.29 is 0 Å². The van der Waals surface area contributed by atoms with Crippen LogP contribution in [0, 0.1) is 0 Å². The molecule has 0 saturated carbocycles. The maximum absolute atomic E-state index is 4.42. The molecule has 0 N–H and O–H groups in total. The minimum atomic E-state index is 0.812. The highest BCUT2D eigenvalue weighted by Gasteiger charge is 2.08. The van der Waals surface area contributed by atoms with Crippen LogP contribution in [0.4, 0.5) is 5.82 Å². The molecule has 0 atom stereocenters. The average molecular weight is 435 g/mol. The van der Waals surface area contributed by atoms with Gasteiger partial charge in [-0.3, -0.25) is 0 Å². The second-order valence-electron chi connectivity index (χ2n) is 3.94. The van der Waals surface area contributed by atoms with Crippen LogP contribution in [-0.2, 0) is 6.54 Å². The maximum atomic E-state index is 4.42. The van der Waals surface area contributed by atoms with Crippen molar-refractivity contribution in [2.45, 2.75) is 6.54 Å². The molecule has 0 unspecified atom stereocenters. The number of aromatic nitrogens is 1. The molecule has 0 aliphatic carbocycles. The van der Waals surface area contributed by atoms with Crippen molar-refractivity contribution in [3.8, 4) is 0 Å². The van der Waals surface area contributed by atoms with Gasteiger partial charge in [0.2, 0.25) is 0 Å². The lowest BCUT2D eigenvalue weighted by atomic mass is 10.2. The molecular weight excluding hydrogens is 424 g/mol. The lowest BCUT2D eigenvalue weighted by molar-refractivity contribution is 0.892. The summed E-state index contributed by atoms with van der Waals surface area (Å²) in [4.78, 5) is 6.53. The average Bonchev–Trinajstić information content (AvgIpc) is 2.28. The number of anilines is 1. The molecule has 0 amide bonds. The van der Waals surface area contributed by atoms with Gasteiger partial charge < -0.3 is 4.90 Å². The van der Waals surface area contributed by atoms with Gasteiger partial charge in [-0.25, -0.2) is 4.98 Å². The highest BCUT2D eigenvalue weighted by Crippen LogP contribution is 2.27. The molecule has 0 bridgehead atoms. The lowest BCUT2D eigenvalue weighted by Gasteiger charge is -2.19. The Labute approximate surface area is 132 Å². The maximum Gasteiger partial charge on any atom is 0.142 e. The van der Waals surface area contributed by atoms with E-state index in [1.165, 1.54) is 5.56 Å². The molecule has 1 heterocycles. The van der Waals surface area contributed by atoms with Gasteiger partial charge in [-0.2, -0.15) is 0 Å². The fraction of sp³-hybridized carbons (Fsp3) is 0.154. The molecule has 2 rings (SSSR count). The molecule has 94 valence electrons. The zero-order valence-electron chi connectivity index (χ0n) is 9.70. The zero-order valence-corrected chi connectivity index (χ0v) is 14.5. The first-order valence-corrected chi connectivity index (χ1v) is 7.71. The number of pyridine rings is 1. The summed E-state index contributed by atoms with van der Waals surface area (Å²) in [6, 6.07) is 10.3. The van der Waals surface area contributed by atoms with Crippen LogP contribution in [-0.4, -0.2) is 12.0 Å². The van der Waals surface area contributed by atoms with E-state index in [1.54, 1.807) is 6.20 Å². The number of hydrogen-bond acceptors (Lipinski definition) is 2. The molecule has 0 radical (unpaired) electrons. The molecule has 2 aromatic rings. The van der Waals surface area contributed by atoms with Crippen LogP contribution in [0.15, 0.2) is 49.9 Å². The summed E-state index contributed by atoms with van der Waals surface area (Å²) >= 11 is 10.4. The Bertz CT molecular complexity index is 558. The van der Waals surface area contributed by atoms with Crippen molar-refractivity contribution in [3.63, 3.8) is 0 Å². The first-order valence-electron chi connectivity index (χ1n) is 5.33. The Morgan fingerprint density at radius 3 is 2.56 bits per heavy atom. The van der Waals surface area contributed by atoms with Crippen LogP contribution in [0.5, 0.6) is 0 Å². The van der Waals surface area contributed by atoms with E-state index >= 15 is 0 Å².